The van der Waals surface area contributed by atoms with Gasteiger partial charge in [-0.3, -0.25) is 0 Å². The van der Waals surface area contributed by atoms with Crippen LogP contribution in [-0.2, 0) is 4.74 Å². The predicted molar refractivity (Wildman–Crippen MR) is 68.6 cm³/mol. The fourth-order valence-electron chi connectivity index (χ4n) is 2.04. The van der Waals surface area contributed by atoms with Gasteiger partial charge in [-0.15, -0.1) is 0 Å². The highest BCUT2D eigenvalue weighted by molar-refractivity contribution is 8.00. The summed E-state index contributed by atoms with van der Waals surface area (Å²) in [5, 5.41) is 4.29. The molecule has 3 heteroatoms. The Bertz CT molecular complexity index is 178. The van der Waals surface area contributed by atoms with Gasteiger partial charge in [0.1, 0.15) is 0 Å². The minimum absolute atomic E-state index is 0.0262. The van der Waals surface area contributed by atoms with Gasteiger partial charge in [-0.05, 0) is 52.3 Å². The van der Waals surface area contributed by atoms with Crippen molar-refractivity contribution >= 4 is 11.8 Å². The monoisotopic (exact) mass is 231 g/mol. The highest BCUT2D eigenvalue weighted by atomic mass is 32.2. The molecule has 1 heterocycles. The van der Waals surface area contributed by atoms with Crippen molar-refractivity contribution in [3.8, 4) is 0 Å². The van der Waals surface area contributed by atoms with E-state index in [0.717, 1.165) is 11.7 Å². The number of thioether (sulfide) groups is 1. The Hall–Kier alpha value is 0.270. The van der Waals surface area contributed by atoms with E-state index in [0.29, 0.717) is 6.04 Å². The molecule has 0 aromatic carbocycles. The van der Waals surface area contributed by atoms with E-state index in [-0.39, 0.29) is 5.60 Å². The summed E-state index contributed by atoms with van der Waals surface area (Å²) in [7, 11) is 3.89. The van der Waals surface area contributed by atoms with E-state index >= 15 is 0 Å². The lowest BCUT2D eigenvalue weighted by atomic mass is 9.96. The SMILES string of the molecule is CNC(CCC(C)(C)OC)C1CCCS1. The number of ether oxygens (including phenoxy) is 1. The predicted octanol–water partition coefficient (Wildman–Crippen LogP) is 2.68. The molecule has 1 fully saturated rings. The zero-order valence-electron chi connectivity index (χ0n) is 10.5. The van der Waals surface area contributed by atoms with Crippen molar-refractivity contribution in [3.63, 3.8) is 0 Å². The second kappa shape index (κ2) is 6.12. The van der Waals surface area contributed by atoms with Crippen LogP contribution in [-0.4, -0.2) is 36.8 Å². The van der Waals surface area contributed by atoms with Gasteiger partial charge in [0, 0.05) is 18.4 Å². The van der Waals surface area contributed by atoms with Crippen molar-refractivity contribution in [1.82, 2.24) is 5.32 Å². The second-order valence-corrected chi connectivity index (χ2v) is 6.30. The molecule has 1 N–H and O–H groups in total. The Kier molecular flexibility index (Phi) is 5.44. The third-order valence-corrected chi connectivity index (χ3v) is 4.91. The zero-order valence-corrected chi connectivity index (χ0v) is 11.3. The molecule has 2 unspecified atom stereocenters. The first kappa shape index (κ1) is 13.3. The van der Waals surface area contributed by atoms with Crippen LogP contribution in [0.15, 0.2) is 0 Å². The fourth-order valence-corrected chi connectivity index (χ4v) is 3.52. The summed E-state index contributed by atoms with van der Waals surface area (Å²) in [5.74, 6) is 1.34. The maximum absolute atomic E-state index is 5.46. The molecule has 0 aliphatic carbocycles. The molecule has 15 heavy (non-hydrogen) atoms. The molecule has 1 saturated heterocycles. The molecule has 1 aliphatic rings. The quantitative estimate of drug-likeness (QED) is 0.759. The molecule has 0 aromatic heterocycles. The van der Waals surface area contributed by atoms with E-state index in [1.165, 1.54) is 25.0 Å². The van der Waals surface area contributed by atoms with E-state index in [1.54, 1.807) is 7.11 Å². The van der Waals surface area contributed by atoms with Crippen LogP contribution in [0.1, 0.15) is 39.5 Å². The number of nitrogens with one attached hydrogen (secondary N) is 1. The Labute approximate surface area is 98.5 Å². The summed E-state index contributed by atoms with van der Waals surface area (Å²) in [6.07, 6.45) is 5.12. The lowest BCUT2D eigenvalue weighted by molar-refractivity contribution is 0.0118. The highest BCUT2D eigenvalue weighted by Crippen LogP contribution is 2.31. The van der Waals surface area contributed by atoms with Crippen molar-refractivity contribution in [3.05, 3.63) is 0 Å². The molecule has 0 bridgehead atoms. The molecule has 1 rings (SSSR count). The summed E-state index contributed by atoms with van der Waals surface area (Å²) in [5.41, 5.74) is 0.0262. The lowest BCUT2D eigenvalue weighted by Crippen LogP contribution is -2.36. The van der Waals surface area contributed by atoms with Crippen molar-refractivity contribution in [2.24, 2.45) is 0 Å². The molecule has 1 aliphatic heterocycles. The summed E-state index contributed by atoms with van der Waals surface area (Å²) in [4.78, 5) is 0. The van der Waals surface area contributed by atoms with Gasteiger partial charge in [-0.2, -0.15) is 11.8 Å². The van der Waals surface area contributed by atoms with Crippen molar-refractivity contribution < 1.29 is 4.74 Å². The molecule has 0 radical (unpaired) electrons. The van der Waals surface area contributed by atoms with E-state index in [4.69, 9.17) is 4.74 Å². The third-order valence-electron chi connectivity index (χ3n) is 3.39. The zero-order chi connectivity index (χ0) is 11.3. The lowest BCUT2D eigenvalue weighted by Gasteiger charge is -2.28. The minimum Gasteiger partial charge on any atom is -0.379 e. The minimum atomic E-state index is 0.0262. The first-order valence-corrected chi connectivity index (χ1v) is 6.98. The average molecular weight is 231 g/mol. The number of hydrogen-bond acceptors (Lipinski definition) is 3. The number of methoxy groups -OCH3 is 1. The van der Waals surface area contributed by atoms with E-state index in [2.05, 4.69) is 38.0 Å². The Morgan fingerprint density at radius 1 is 1.53 bits per heavy atom. The maximum atomic E-state index is 5.46. The fraction of sp³-hybridized carbons (Fsp3) is 1.00. The van der Waals surface area contributed by atoms with E-state index in [9.17, 15) is 0 Å². The van der Waals surface area contributed by atoms with Crippen LogP contribution >= 0.6 is 11.8 Å². The second-order valence-electron chi connectivity index (χ2n) is 4.95. The molecule has 2 atom stereocenters. The Morgan fingerprint density at radius 3 is 2.73 bits per heavy atom. The van der Waals surface area contributed by atoms with E-state index in [1.807, 2.05) is 0 Å². The molecular formula is C12H25NOS. The summed E-state index contributed by atoms with van der Waals surface area (Å²) in [6, 6.07) is 0.659. The van der Waals surface area contributed by atoms with Gasteiger partial charge in [0.05, 0.1) is 5.60 Å². The van der Waals surface area contributed by atoms with Gasteiger partial charge in [0.2, 0.25) is 0 Å². The molecule has 0 aromatic rings. The van der Waals surface area contributed by atoms with Crippen LogP contribution in [0.25, 0.3) is 0 Å². The molecule has 90 valence electrons. The molecule has 2 nitrogen and oxygen atoms in total. The normalized spacial score (nSPS) is 24.4. The Balaban J connectivity index is 2.33. The highest BCUT2D eigenvalue weighted by Gasteiger charge is 2.26. The topological polar surface area (TPSA) is 21.3 Å². The average Bonchev–Trinajstić information content (AvgIpc) is 2.72. The van der Waals surface area contributed by atoms with Crippen molar-refractivity contribution in [1.29, 1.82) is 0 Å². The standard InChI is InChI=1S/C12H25NOS/c1-12(2,14-4)8-7-10(13-3)11-6-5-9-15-11/h10-11,13H,5-9H2,1-4H3. The van der Waals surface area contributed by atoms with Crippen LogP contribution in [0.3, 0.4) is 0 Å². The van der Waals surface area contributed by atoms with Gasteiger partial charge < -0.3 is 10.1 Å². The van der Waals surface area contributed by atoms with Gasteiger partial charge in [0.25, 0.3) is 0 Å². The number of rotatable bonds is 6. The van der Waals surface area contributed by atoms with Crippen LogP contribution in [0.4, 0.5) is 0 Å². The van der Waals surface area contributed by atoms with Crippen LogP contribution in [0.2, 0.25) is 0 Å². The van der Waals surface area contributed by atoms with Crippen LogP contribution in [0.5, 0.6) is 0 Å². The van der Waals surface area contributed by atoms with Crippen molar-refractivity contribution in [2.75, 3.05) is 19.9 Å². The summed E-state index contributed by atoms with van der Waals surface area (Å²) in [6.45, 7) is 4.34. The summed E-state index contributed by atoms with van der Waals surface area (Å²) >= 11 is 2.13. The third kappa shape index (κ3) is 4.33. The van der Waals surface area contributed by atoms with Gasteiger partial charge >= 0.3 is 0 Å². The number of hydrogen-bond donors (Lipinski definition) is 1. The van der Waals surface area contributed by atoms with Gasteiger partial charge in [0.15, 0.2) is 0 Å². The van der Waals surface area contributed by atoms with Crippen LogP contribution in [0, 0.1) is 0 Å². The smallest absolute Gasteiger partial charge is 0.0623 e. The van der Waals surface area contributed by atoms with Crippen molar-refractivity contribution in [2.45, 2.75) is 56.4 Å². The first-order chi connectivity index (χ1) is 7.09. The molecule has 0 saturated carbocycles. The van der Waals surface area contributed by atoms with Gasteiger partial charge in [-0.25, -0.2) is 0 Å². The summed E-state index contributed by atoms with van der Waals surface area (Å²) < 4.78 is 5.46. The first-order valence-electron chi connectivity index (χ1n) is 5.93. The maximum Gasteiger partial charge on any atom is 0.0623 e. The van der Waals surface area contributed by atoms with E-state index < -0.39 is 0 Å². The van der Waals surface area contributed by atoms with Crippen LogP contribution < -0.4 is 5.32 Å². The molecule has 0 amide bonds. The molecular weight excluding hydrogens is 206 g/mol. The molecule has 0 spiro atoms. The Morgan fingerprint density at radius 2 is 2.27 bits per heavy atom. The largest absolute Gasteiger partial charge is 0.379 e. The van der Waals surface area contributed by atoms with Gasteiger partial charge in [-0.1, -0.05) is 0 Å².